The zero-order valence-corrected chi connectivity index (χ0v) is 15.7. The first-order valence-electron chi connectivity index (χ1n) is 7.56. The molecule has 0 aliphatic heterocycles. The Hall–Kier alpha value is -2.68. The molecule has 0 aliphatic rings. The Morgan fingerprint density at radius 1 is 0.600 bits per heavy atom. The molecule has 0 atom stereocenters. The van der Waals surface area contributed by atoms with Crippen LogP contribution in [0.15, 0.2) is 91.3 Å². The van der Waals surface area contributed by atoms with Crippen LogP contribution in [0.4, 0.5) is 0 Å². The third-order valence-corrected chi connectivity index (χ3v) is 3.21. The standard InChI is InChI=1S/C11H8N.C10H7N2.Ir/c1-2-6-10(7-3-1)11-8-4-5-9-12-11;1-2-5-9(6-3-1)10-7-4-8-11-12-10;/h1-6,8-9H;1-5,7-8H;/q2*-1;. The van der Waals surface area contributed by atoms with Gasteiger partial charge in [0.05, 0.1) is 0 Å². The number of nitrogens with zero attached hydrogens (tertiary/aromatic N) is 3. The van der Waals surface area contributed by atoms with Crippen molar-refractivity contribution >= 4 is 0 Å². The molecule has 4 heteroatoms. The Morgan fingerprint density at radius 3 is 1.76 bits per heavy atom. The van der Waals surface area contributed by atoms with Gasteiger partial charge in [-0.05, 0) is 17.8 Å². The summed E-state index contributed by atoms with van der Waals surface area (Å²) in [7, 11) is 0. The molecular weight excluding hydrogens is 486 g/mol. The average Bonchev–Trinajstić information content (AvgIpc) is 2.71. The topological polar surface area (TPSA) is 38.7 Å². The molecule has 0 unspecified atom stereocenters. The predicted octanol–water partition coefficient (Wildman–Crippen LogP) is 4.49. The van der Waals surface area contributed by atoms with Crippen LogP contribution >= 0.6 is 0 Å². The summed E-state index contributed by atoms with van der Waals surface area (Å²) in [5.41, 5.74) is 3.85. The Bertz CT molecular complexity index is 689. The van der Waals surface area contributed by atoms with Crippen LogP contribution in [0.2, 0.25) is 0 Å². The number of rotatable bonds is 2. The fourth-order valence-corrected chi connectivity index (χ4v) is 2.07. The zero-order chi connectivity index (χ0) is 16.5. The quantitative estimate of drug-likeness (QED) is 0.380. The first-order chi connectivity index (χ1) is 11.9. The van der Waals surface area contributed by atoms with Crippen molar-refractivity contribution in [1.29, 1.82) is 0 Å². The molecule has 0 spiro atoms. The monoisotopic (exact) mass is 502 g/mol. The number of hydrogen-bond donors (Lipinski definition) is 0. The van der Waals surface area contributed by atoms with Crippen molar-refractivity contribution in [1.82, 2.24) is 15.2 Å². The molecule has 0 bridgehead atoms. The fourth-order valence-electron chi connectivity index (χ4n) is 2.07. The molecule has 2 heterocycles. The van der Waals surface area contributed by atoms with Gasteiger partial charge in [0.1, 0.15) is 0 Å². The molecule has 3 nitrogen and oxygen atoms in total. The van der Waals surface area contributed by atoms with Crippen molar-refractivity contribution in [3.05, 3.63) is 103 Å². The van der Waals surface area contributed by atoms with Crippen LogP contribution in [0.1, 0.15) is 0 Å². The van der Waals surface area contributed by atoms with E-state index in [2.05, 4.69) is 27.3 Å². The Balaban J connectivity index is 0.000000173. The van der Waals surface area contributed by atoms with Gasteiger partial charge in [-0.25, -0.2) is 5.10 Å². The zero-order valence-electron chi connectivity index (χ0n) is 13.3. The smallest absolute Gasteiger partial charge is 0.0479 e. The van der Waals surface area contributed by atoms with Crippen molar-refractivity contribution in [2.45, 2.75) is 0 Å². The number of benzene rings is 2. The first-order valence-corrected chi connectivity index (χ1v) is 7.56. The molecular formula is C21H15IrN3-2. The molecule has 0 N–H and O–H groups in total. The maximum Gasteiger partial charge on any atom is 0.0479 e. The van der Waals surface area contributed by atoms with Crippen LogP contribution in [-0.4, -0.2) is 15.2 Å². The van der Waals surface area contributed by atoms with Crippen molar-refractivity contribution in [3.63, 3.8) is 0 Å². The van der Waals surface area contributed by atoms with E-state index in [1.807, 2.05) is 78.9 Å². The molecule has 0 saturated carbocycles. The van der Waals surface area contributed by atoms with E-state index in [4.69, 9.17) is 0 Å². The molecule has 0 saturated heterocycles. The average molecular weight is 502 g/mol. The van der Waals surface area contributed by atoms with Gasteiger partial charge in [0.25, 0.3) is 0 Å². The molecule has 0 amide bonds. The summed E-state index contributed by atoms with van der Waals surface area (Å²) >= 11 is 0. The predicted molar refractivity (Wildman–Crippen MR) is 94.8 cm³/mol. The van der Waals surface area contributed by atoms with E-state index in [0.717, 1.165) is 22.5 Å². The van der Waals surface area contributed by atoms with Gasteiger partial charge in [-0.2, -0.15) is 5.10 Å². The van der Waals surface area contributed by atoms with E-state index in [0.29, 0.717) is 0 Å². The molecule has 0 fully saturated rings. The van der Waals surface area contributed by atoms with Crippen LogP contribution in [0.3, 0.4) is 0 Å². The number of pyridine rings is 1. The summed E-state index contributed by atoms with van der Waals surface area (Å²) in [5.74, 6) is 0. The molecule has 125 valence electrons. The number of hydrogen-bond acceptors (Lipinski definition) is 3. The Morgan fingerprint density at radius 2 is 1.24 bits per heavy atom. The van der Waals surface area contributed by atoms with Gasteiger partial charge < -0.3 is 4.98 Å². The van der Waals surface area contributed by atoms with Gasteiger partial charge in [0, 0.05) is 38.2 Å². The van der Waals surface area contributed by atoms with E-state index in [1.54, 1.807) is 12.4 Å². The second kappa shape index (κ2) is 10.2. The fraction of sp³-hybridized carbons (Fsp3) is 0. The summed E-state index contributed by atoms with van der Waals surface area (Å²) in [6.07, 6.45) is 3.45. The molecule has 4 rings (SSSR count). The maximum absolute atomic E-state index is 4.22. The van der Waals surface area contributed by atoms with Gasteiger partial charge in [-0.15, -0.1) is 71.8 Å². The van der Waals surface area contributed by atoms with Crippen molar-refractivity contribution in [2.75, 3.05) is 0 Å². The van der Waals surface area contributed by atoms with Crippen molar-refractivity contribution < 1.29 is 20.1 Å². The minimum Gasteiger partial charge on any atom is -0.305 e. The van der Waals surface area contributed by atoms with Crippen LogP contribution in [0, 0.1) is 12.1 Å². The van der Waals surface area contributed by atoms with Gasteiger partial charge >= 0.3 is 0 Å². The van der Waals surface area contributed by atoms with E-state index < -0.39 is 0 Å². The third-order valence-electron chi connectivity index (χ3n) is 3.21. The third kappa shape index (κ3) is 5.71. The second-order valence-electron chi connectivity index (χ2n) is 4.88. The van der Waals surface area contributed by atoms with Crippen LogP contribution < -0.4 is 0 Å². The Kier molecular flexibility index (Phi) is 7.64. The van der Waals surface area contributed by atoms with E-state index in [-0.39, 0.29) is 20.1 Å². The summed E-state index contributed by atoms with van der Waals surface area (Å²) in [6.45, 7) is 0. The molecule has 4 aromatic rings. The van der Waals surface area contributed by atoms with Gasteiger partial charge in [0.15, 0.2) is 0 Å². The summed E-state index contributed by atoms with van der Waals surface area (Å²) < 4.78 is 0. The summed E-state index contributed by atoms with van der Waals surface area (Å²) in [5, 5.41) is 7.76. The molecule has 2 aromatic carbocycles. The van der Waals surface area contributed by atoms with Crippen LogP contribution in [0.5, 0.6) is 0 Å². The maximum atomic E-state index is 4.22. The van der Waals surface area contributed by atoms with E-state index >= 15 is 0 Å². The molecule has 2 aromatic heterocycles. The van der Waals surface area contributed by atoms with Crippen molar-refractivity contribution in [3.8, 4) is 22.5 Å². The summed E-state index contributed by atoms with van der Waals surface area (Å²) in [4.78, 5) is 4.22. The number of aromatic nitrogens is 3. The minimum absolute atomic E-state index is 0. The van der Waals surface area contributed by atoms with Crippen molar-refractivity contribution in [2.24, 2.45) is 0 Å². The molecule has 1 radical (unpaired) electrons. The first kappa shape index (κ1) is 18.7. The van der Waals surface area contributed by atoms with Gasteiger partial charge in [-0.3, -0.25) is 0 Å². The SMILES string of the molecule is [Ir].[c-]1ccccc1-c1ccccn1.[c-]1ccccc1-c1cccnn1. The largest absolute Gasteiger partial charge is 0.305 e. The normalized spacial score (nSPS) is 9.28. The van der Waals surface area contributed by atoms with E-state index in [1.165, 1.54) is 0 Å². The van der Waals surface area contributed by atoms with Gasteiger partial charge in [0.2, 0.25) is 0 Å². The van der Waals surface area contributed by atoms with E-state index in [9.17, 15) is 0 Å². The van der Waals surface area contributed by atoms with Crippen LogP contribution in [-0.2, 0) is 20.1 Å². The summed E-state index contributed by atoms with van der Waals surface area (Å²) in [6, 6.07) is 31.4. The second-order valence-corrected chi connectivity index (χ2v) is 4.88. The molecule has 25 heavy (non-hydrogen) atoms. The Labute approximate surface area is 161 Å². The minimum atomic E-state index is 0. The van der Waals surface area contributed by atoms with Gasteiger partial charge in [-0.1, -0.05) is 18.2 Å². The van der Waals surface area contributed by atoms with Crippen LogP contribution in [0.25, 0.3) is 22.5 Å². The molecule has 0 aliphatic carbocycles.